The van der Waals surface area contributed by atoms with Gasteiger partial charge in [0.25, 0.3) is 5.91 Å². The number of hydroxylamine groups is 2. The highest BCUT2D eigenvalue weighted by Gasteiger charge is 2.27. The quantitative estimate of drug-likeness (QED) is 0.699. The topological polar surface area (TPSA) is 47.4 Å². The fourth-order valence-electron chi connectivity index (χ4n) is 2.54. The molecule has 0 aliphatic heterocycles. The van der Waals surface area contributed by atoms with Crippen molar-refractivity contribution >= 4 is 29.1 Å². The first-order chi connectivity index (χ1) is 11.8. The zero-order valence-corrected chi connectivity index (χ0v) is 15.4. The highest BCUT2D eigenvalue weighted by Crippen LogP contribution is 2.28. The number of carbonyl (C=O) groups is 1. The molecule has 1 unspecified atom stereocenters. The van der Waals surface area contributed by atoms with Gasteiger partial charge < -0.3 is 0 Å². The minimum Gasteiger partial charge on any atom is -0.275 e. The third-order valence-electron chi connectivity index (χ3n) is 3.66. The number of rotatable bonds is 6. The molecule has 0 N–H and O–H groups in total. The lowest BCUT2D eigenvalue weighted by molar-refractivity contribution is -0.119. The fraction of sp³-hybridized carbons (Fsp3) is 0.375. The molecule has 25 heavy (non-hydrogen) atoms. The second-order valence-corrected chi connectivity index (χ2v) is 6.33. The third-order valence-corrected chi connectivity index (χ3v) is 4.34. The largest absolute Gasteiger partial charge is 0.281 e. The summed E-state index contributed by atoms with van der Waals surface area (Å²) in [4.78, 5) is 17.9. The summed E-state index contributed by atoms with van der Waals surface area (Å²) in [5, 5.41) is 5.31. The Bertz CT molecular complexity index is 760. The van der Waals surface area contributed by atoms with Gasteiger partial charge in [-0.05, 0) is 31.0 Å². The second-order valence-electron chi connectivity index (χ2n) is 5.51. The molecule has 2 rings (SSSR count). The smallest absolute Gasteiger partial charge is 0.275 e. The normalized spacial score (nSPS) is 12.3. The molecule has 1 heterocycles. The van der Waals surface area contributed by atoms with Gasteiger partial charge in [0.2, 0.25) is 0 Å². The summed E-state index contributed by atoms with van der Waals surface area (Å²) in [6.45, 7) is 0.840. The fourth-order valence-corrected chi connectivity index (χ4v) is 3.15. The number of carbonyl (C=O) groups excluding carboxylic acids is 1. The van der Waals surface area contributed by atoms with Crippen molar-refractivity contribution in [2.24, 2.45) is 7.05 Å². The van der Waals surface area contributed by atoms with E-state index in [0.717, 1.165) is 17.2 Å². The molecule has 0 aliphatic rings. The number of amides is 1. The van der Waals surface area contributed by atoms with E-state index < -0.39 is 24.4 Å². The average Bonchev–Trinajstić information content (AvgIpc) is 2.92. The van der Waals surface area contributed by atoms with Crippen LogP contribution in [0.3, 0.4) is 0 Å². The van der Waals surface area contributed by atoms with E-state index in [4.69, 9.17) is 28.0 Å². The van der Waals surface area contributed by atoms with Crippen molar-refractivity contribution in [3.63, 3.8) is 0 Å². The van der Waals surface area contributed by atoms with Gasteiger partial charge in [0, 0.05) is 23.3 Å². The van der Waals surface area contributed by atoms with Gasteiger partial charge in [0.05, 0.1) is 18.7 Å². The van der Waals surface area contributed by atoms with E-state index in [9.17, 15) is 13.6 Å². The lowest BCUT2D eigenvalue weighted by Crippen LogP contribution is -2.39. The molecule has 0 saturated heterocycles. The molecule has 0 spiro atoms. The predicted octanol–water partition coefficient (Wildman–Crippen LogP) is 3.97. The minimum atomic E-state index is -0.872. The molecule has 0 radical (unpaired) electrons. The molecule has 5 nitrogen and oxygen atoms in total. The van der Waals surface area contributed by atoms with Gasteiger partial charge in [-0.25, -0.2) is 13.8 Å². The van der Waals surface area contributed by atoms with Crippen LogP contribution in [0.2, 0.25) is 10.0 Å². The summed E-state index contributed by atoms with van der Waals surface area (Å²) in [5.41, 5.74) is 0.624. The number of benzene rings is 1. The van der Waals surface area contributed by atoms with Crippen molar-refractivity contribution in [1.82, 2.24) is 14.8 Å². The molecule has 1 aromatic carbocycles. The summed E-state index contributed by atoms with van der Waals surface area (Å²) in [5.74, 6) is -1.08. The van der Waals surface area contributed by atoms with Crippen LogP contribution >= 0.6 is 23.2 Å². The molecule has 9 heteroatoms. The number of aryl methyl sites for hydroxylation is 1. The molecule has 2 aromatic rings. The standard InChI is InChI=1S/C16H17Cl2F2N3O2/c1-9(4-11-13(17)5-10(20)6-14(11)18)23(25-3)16(24)12-8-22(2)21-15(12)7-19/h5-6,8-9H,4,7H2,1-3H3. The Kier molecular flexibility index (Phi) is 6.37. The first-order valence-corrected chi connectivity index (χ1v) is 8.13. The van der Waals surface area contributed by atoms with Crippen molar-refractivity contribution in [2.75, 3.05) is 7.11 Å². The number of nitrogens with zero attached hydrogens (tertiary/aromatic N) is 3. The molecule has 1 atom stereocenters. The van der Waals surface area contributed by atoms with E-state index in [-0.39, 0.29) is 27.7 Å². The van der Waals surface area contributed by atoms with Crippen LogP contribution < -0.4 is 0 Å². The Labute approximate surface area is 154 Å². The van der Waals surface area contributed by atoms with Crippen LogP contribution in [0.1, 0.15) is 28.5 Å². The molecule has 136 valence electrons. The first-order valence-electron chi connectivity index (χ1n) is 7.38. The van der Waals surface area contributed by atoms with Gasteiger partial charge in [-0.2, -0.15) is 5.10 Å². The van der Waals surface area contributed by atoms with E-state index in [1.807, 2.05) is 0 Å². The van der Waals surface area contributed by atoms with Crippen molar-refractivity contribution in [1.29, 1.82) is 0 Å². The first kappa shape index (κ1) is 19.6. The minimum absolute atomic E-state index is 0.0274. The van der Waals surface area contributed by atoms with Crippen LogP contribution in [-0.2, 0) is 25.0 Å². The van der Waals surface area contributed by atoms with Gasteiger partial charge in [-0.15, -0.1) is 0 Å². The molecule has 1 amide bonds. The summed E-state index contributed by atoms with van der Waals surface area (Å²) < 4.78 is 27.7. The molecular weight excluding hydrogens is 375 g/mol. The molecule has 0 fully saturated rings. The molecule has 0 aliphatic carbocycles. The van der Waals surface area contributed by atoms with E-state index >= 15 is 0 Å². The maximum absolute atomic E-state index is 13.3. The monoisotopic (exact) mass is 391 g/mol. The van der Waals surface area contributed by atoms with Crippen LogP contribution in [0.15, 0.2) is 18.3 Å². The highest BCUT2D eigenvalue weighted by atomic mass is 35.5. The van der Waals surface area contributed by atoms with E-state index in [1.54, 1.807) is 14.0 Å². The van der Waals surface area contributed by atoms with E-state index in [1.165, 1.54) is 18.0 Å². The maximum atomic E-state index is 13.3. The summed E-state index contributed by atoms with van der Waals surface area (Å²) in [7, 11) is 2.92. The Balaban J connectivity index is 2.27. The van der Waals surface area contributed by atoms with Crippen LogP contribution in [0.25, 0.3) is 0 Å². The van der Waals surface area contributed by atoms with Crippen LogP contribution in [0.5, 0.6) is 0 Å². The summed E-state index contributed by atoms with van der Waals surface area (Å²) in [6, 6.07) is 1.80. The maximum Gasteiger partial charge on any atom is 0.281 e. The Morgan fingerprint density at radius 3 is 2.52 bits per heavy atom. The van der Waals surface area contributed by atoms with Gasteiger partial charge in [-0.1, -0.05) is 23.2 Å². The number of halogens is 4. The molecular formula is C16H17Cl2F2N3O2. The lowest BCUT2D eigenvalue weighted by Gasteiger charge is -2.27. The Morgan fingerprint density at radius 2 is 2.00 bits per heavy atom. The Hall–Kier alpha value is -1.70. The van der Waals surface area contributed by atoms with Crippen molar-refractivity contribution in [3.8, 4) is 0 Å². The number of hydrogen-bond acceptors (Lipinski definition) is 3. The van der Waals surface area contributed by atoms with Crippen LogP contribution in [0, 0.1) is 5.82 Å². The number of alkyl halides is 1. The predicted molar refractivity (Wildman–Crippen MR) is 90.8 cm³/mol. The SMILES string of the molecule is CON(C(=O)c1cn(C)nc1CF)C(C)Cc1c(Cl)cc(F)cc1Cl. The Morgan fingerprint density at radius 1 is 1.40 bits per heavy atom. The van der Waals surface area contributed by atoms with Crippen LogP contribution in [0.4, 0.5) is 8.78 Å². The van der Waals surface area contributed by atoms with Crippen molar-refractivity contribution in [2.45, 2.75) is 26.1 Å². The van der Waals surface area contributed by atoms with Crippen LogP contribution in [-0.4, -0.2) is 33.9 Å². The van der Waals surface area contributed by atoms with Crippen molar-refractivity contribution < 1.29 is 18.4 Å². The zero-order chi connectivity index (χ0) is 18.7. The molecule has 0 saturated carbocycles. The molecule has 1 aromatic heterocycles. The number of aromatic nitrogens is 2. The van der Waals surface area contributed by atoms with Gasteiger partial charge >= 0.3 is 0 Å². The summed E-state index contributed by atoms with van der Waals surface area (Å²) in [6.07, 6.45) is 1.65. The average molecular weight is 392 g/mol. The van der Waals surface area contributed by atoms with Gasteiger partial charge in [0.1, 0.15) is 18.2 Å². The second kappa shape index (κ2) is 8.12. The number of hydrogen-bond donors (Lipinski definition) is 0. The highest BCUT2D eigenvalue weighted by molar-refractivity contribution is 6.36. The molecule has 0 bridgehead atoms. The zero-order valence-electron chi connectivity index (χ0n) is 13.9. The third kappa shape index (κ3) is 4.29. The van der Waals surface area contributed by atoms with Crippen molar-refractivity contribution in [3.05, 3.63) is 51.0 Å². The summed E-state index contributed by atoms with van der Waals surface area (Å²) >= 11 is 12.1. The van der Waals surface area contributed by atoms with Gasteiger partial charge in [0.15, 0.2) is 0 Å². The lowest BCUT2D eigenvalue weighted by atomic mass is 10.1. The van der Waals surface area contributed by atoms with E-state index in [2.05, 4.69) is 5.10 Å². The van der Waals surface area contributed by atoms with Gasteiger partial charge in [-0.3, -0.25) is 14.3 Å². The van der Waals surface area contributed by atoms with E-state index in [0.29, 0.717) is 5.56 Å².